The summed E-state index contributed by atoms with van der Waals surface area (Å²) in [7, 11) is 6.74. The molecule has 0 saturated carbocycles. The van der Waals surface area contributed by atoms with Crippen molar-refractivity contribution in [1.82, 2.24) is 15.5 Å². The van der Waals surface area contributed by atoms with Crippen LogP contribution in [0.15, 0.2) is 58.5 Å². The number of aliphatic hydroxyl groups is 1. The predicted octanol–water partition coefficient (Wildman–Crippen LogP) is 1.25. The van der Waals surface area contributed by atoms with Crippen molar-refractivity contribution in [3.63, 3.8) is 0 Å². The van der Waals surface area contributed by atoms with Crippen LogP contribution in [-0.2, 0) is 33.3 Å². The summed E-state index contributed by atoms with van der Waals surface area (Å²) in [5.41, 5.74) is 6.20. The van der Waals surface area contributed by atoms with Crippen LogP contribution in [0.1, 0.15) is 33.6 Å². The van der Waals surface area contributed by atoms with Crippen molar-refractivity contribution in [2.24, 2.45) is 17.6 Å². The monoisotopic (exact) mass is 630 g/mol. The van der Waals surface area contributed by atoms with E-state index in [4.69, 9.17) is 24.7 Å². The van der Waals surface area contributed by atoms with Gasteiger partial charge in [-0.3, -0.25) is 14.4 Å². The van der Waals surface area contributed by atoms with Gasteiger partial charge in [-0.15, -0.1) is 0 Å². The third kappa shape index (κ3) is 9.21. The van der Waals surface area contributed by atoms with Gasteiger partial charge in [0.05, 0.1) is 23.6 Å². The van der Waals surface area contributed by atoms with Crippen molar-refractivity contribution >= 4 is 23.6 Å². The van der Waals surface area contributed by atoms with Crippen molar-refractivity contribution < 1.29 is 43.2 Å². The van der Waals surface area contributed by atoms with Gasteiger partial charge < -0.3 is 45.3 Å². The maximum absolute atomic E-state index is 13.8. The average molecular weight is 631 g/mol. The molecule has 7 atom stereocenters. The standard InChI is InChI=1S/C32H46N4O9/c1-17-13-20-26(34-11-12-36(4)5)23(37)16-22(27(20)38)35-30(39)18(2)9-8-10-24(42-6)29(45-32(33)41)21-15-19(3)28(44-31(21)40)25(14-17)43-7/h8-10,15-17,19,24-25,28-29,31,34,40H,11-14H2,1-7H3,(H2,33,41)(H,35,39)/b10-8-,18-9+/t17-,19?,24-,25+,28?,29-,31?/m0/s1. The van der Waals surface area contributed by atoms with Gasteiger partial charge in [-0.25, -0.2) is 4.79 Å². The Morgan fingerprint density at radius 2 is 1.91 bits per heavy atom. The Hall–Kier alpha value is -3.62. The summed E-state index contributed by atoms with van der Waals surface area (Å²) in [6.07, 6.45) is 2.34. The number of fused-ring (bicyclic) bond motifs is 10. The second-order valence-corrected chi connectivity index (χ2v) is 11.9. The molecule has 4 rings (SSSR count). The average Bonchev–Trinajstić information content (AvgIpc) is 2.97. The first-order chi connectivity index (χ1) is 21.3. The Morgan fingerprint density at radius 1 is 1.20 bits per heavy atom. The second kappa shape index (κ2) is 16.1. The zero-order valence-corrected chi connectivity index (χ0v) is 27.0. The van der Waals surface area contributed by atoms with Crippen molar-refractivity contribution in [3.8, 4) is 0 Å². The van der Waals surface area contributed by atoms with Gasteiger partial charge in [-0.2, -0.15) is 0 Å². The number of hydrogen-bond donors (Lipinski definition) is 4. The topological polar surface area (TPSA) is 179 Å². The molecule has 45 heavy (non-hydrogen) atoms. The molecular formula is C32H46N4O9. The number of likely N-dealkylation sites (N-methyl/N-ethyl adjacent to an activating group) is 1. The molecule has 0 spiro atoms. The number of ketones is 2. The molecule has 0 aromatic rings. The Balaban J connectivity index is 2.09. The van der Waals surface area contributed by atoms with E-state index in [-0.39, 0.29) is 46.4 Å². The molecule has 2 amide bonds. The highest BCUT2D eigenvalue weighted by Gasteiger charge is 2.41. The van der Waals surface area contributed by atoms with E-state index >= 15 is 0 Å². The first-order valence-electron chi connectivity index (χ1n) is 14.9. The van der Waals surface area contributed by atoms with E-state index in [2.05, 4.69) is 10.6 Å². The number of primary amides is 1. The summed E-state index contributed by atoms with van der Waals surface area (Å²) < 4.78 is 22.8. The van der Waals surface area contributed by atoms with Crippen LogP contribution < -0.4 is 16.4 Å². The predicted molar refractivity (Wildman–Crippen MR) is 165 cm³/mol. The number of nitrogens with one attached hydrogen (secondary N) is 2. The quantitative estimate of drug-likeness (QED) is 0.235. The van der Waals surface area contributed by atoms with Crippen LogP contribution in [0.3, 0.4) is 0 Å². The highest BCUT2D eigenvalue weighted by Crippen LogP contribution is 2.34. The van der Waals surface area contributed by atoms with E-state index < -0.39 is 54.3 Å². The van der Waals surface area contributed by atoms with Gasteiger partial charge in [0.15, 0.2) is 12.4 Å². The maximum atomic E-state index is 13.8. The van der Waals surface area contributed by atoms with Crippen LogP contribution >= 0.6 is 0 Å². The van der Waals surface area contributed by atoms with Gasteiger partial charge in [0, 0.05) is 56.0 Å². The zero-order chi connectivity index (χ0) is 33.4. The number of carbonyl (C=O) groups excluding carboxylic acids is 4. The smallest absolute Gasteiger partial charge is 0.405 e. The summed E-state index contributed by atoms with van der Waals surface area (Å²) in [4.78, 5) is 53.9. The fraction of sp³-hybridized carbons (Fsp3) is 0.562. The summed E-state index contributed by atoms with van der Waals surface area (Å²) in [6, 6.07) is 0. The van der Waals surface area contributed by atoms with Gasteiger partial charge >= 0.3 is 6.09 Å². The number of rotatable bonds is 7. The van der Waals surface area contributed by atoms with E-state index in [0.29, 0.717) is 19.5 Å². The molecule has 3 aliphatic heterocycles. The normalized spacial score (nSPS) is 32.0. The molecule has 0 aromatic carbocycles. The highest BCUT2D eigenvalue weighted by atomic mass is 16.6. The summed E-state index contributed by atoms with van der Waals surface area (Å²) in [5.74, 6) is -1.93. The van der Waals surface area contributed by atoms with E-state index in [9.17, 15) is 24.3 Å². The Morgan fingerprint density at radius 3 is 2.53 bits per heavy atom. The lowest BCUT2D eigenvalue weighted by atomic mass is 9.84. The van der Waals surface area contributed by atoms with Crippen molar-refractivity contribution in [2.75, 3.05) is 41.4 Å². The number of nitrogens with two attached hydrogens (primary N) is 1. The number of allylic oxidation sites excluding steroid dienone is 4. The van der Waals surface area contributed by atoms with Gasteiger partial charge in [-0.1, -0.05) is 38.2 Å². The van der Waals surface area contributed by atoms with Crippen LogP contribution in [-0.4, -0.2) is 106 Å². The molecule has 13 heteroatoms. The third-order valence-corrected chi connectivity index (χ3v) is 8.00. The summed E-state index contributed by atoms with van der Waals surface area (Å²) >= 11 is 0. The molecule has 13 nitrogen and oxygen atoms in total. The number of ether oxygens (including phenoxy) is 4. The molecule has 3 unspecified atom stereocenters. The summed E-state index contributed by atoms with van der Waals surface area (Å²) in [6.45, 7) is 6.42. The lowest BCUT2D eigenvalue weighted by Gasteiger charge is -2.39. The first kappa shape index (κ1) is 35.9. The van der Waals surface area contributed by atoms with Crippen molar-refractivity contribution in [1.29, 1.82) is 0 Å². The molecule has 0 fully saturated rings. The SMILES string of the molecule is CO[C@H]1/C=C\C=C(/C)C(=O)NC2=CC(=O)C(NCCN(C)C)=C(C[C@H](C)C[C@@H](OC)C3OC(O)C(=CC3C)[C@@H]1OC(N)=O)C2=O. The molecule has 5 N–H and O–H groups in total. The number of carbonyl (C=O) groups is 4. The molecule has 0 saturated heterocycles. The van der Waals surface area contributed by atoms with E-state index in [1.54, 1.807) is 6.08 Å². The minimum Gasteiger partial charge on any atom is -0.439 e. The van der Waals surface area contributed by atoms with E-state index in [1.807, 2.05) is 32.8 Å². The largest absolute Gasteiger partial charge is 0.439 e. The van der Waals surface area contributed by atoms with Crippen LogP contribution in [0, 0.1) is 11.8 Å². The van der Waals surface area contributed by atoms with Crippen molar-refractivity contribution in [3.05, 3.63) is 58.5 Å². The number of Topliss-reactive ketones (excluding diaryl/α,β-unsaturated/α-hetero) is 1. The Bertz CT molecular complexity index is 1300. The van der Waals surface area contributed by atoms with Crippen LogP contribution in [0.5, 0.6) is 0 Å². The van der Waals surface area contributed by atoms with Gasteiger partial charge in [0.2, 0.25) is 11.6 Å². The maximum Gasteiger partial charge on any atom is 0.405 e. The molecule has 3 heterocycles. The van der Waals surface area contributed by atoms with Gasteiger partial charge in [-0.05, 0) is 39.8 Å². The molecular weight excluding hydrogens is 584 g/mol. The second-order valence-electron chi connectivity index (χ2n) is 11.9. The van der Waals surface area contributed by atoms with Crippen molar-refractivity contribution in [2.45, 2.75) is 64.3 Å². The third-order valence-electron chi connectivity index (χ3n) is 8.00. The number of hydrogen-bond acceptors (Lipinski definition) is 11. The molecule has 1 aliphatic carbocycles. The van der Waals surface area contributed by atoms with Gasteiger partial charge in [0.1, 0.15) is 6.10 Å². The Kier molecular flexibility index (Phi) is 12.8. The van der Waals surface area contributed by atoms with Crippen LogP contribution in [0.4, 0.5) is 4.79 Å². The van der Waals surface area contributed by atoms with Crippen LogP contribution in [0.2, 0.25) is 0 Å². The van der Waals surface area contributed by atoms with E-state index in [0.717, 1.165) is 6.08 Å². The number of amides is 2. The first-order valence-corrected chi connectivity index (χ1v) is 14.9. The molecule has 0 aromatic heterocycles. The van der Waals surface area contributed by atoms with Gasteiger partial charge in [0.25, 0.3) is 5.91 Å². The lowest BCUT2D eigenvalue weighted by Crippen LogP contribution is -2.47. The molecule has 4 aliphatic rings. The number of nitrogens with zero attached hydrogens (tertiary/aromatic N) is 1. The fourth-order valence-electron chi connectivity index (χ4n) is 5.62. The van der Waals surface area contributed by atoms with E-state index in [1.165, 1.54) is 39.4 Å². The molecule has 4 bridgehead atoms. The zero-order valence-electron chi connectivity index (χ0n) is 27.0. The minimum absolute atomic E-state index is 0.113. The summed E-state index contributed by atoms with van der Waals surface area (Å²) in [5, 5.41) is 16.8. The molecule has 0 radical (unpaired) electrons. The Labute approximate surface area is 264 Å². The molecule has 248 valence electrons. The fourth-order valence-corrected chi connectivity index (χ4v) is 5.62. The number of aliphatic hydroxyl groups excluding tert-OH is 1. The lowest BCUT2D eigenvalue weighted by molar-refractivity contribution is -0.182. The van der Waals surface area contributed by atoms with Crippen LogP contribution in [0.25, 0.3) is 0 Å². The minimum atomic E-state index is -1.47. The number of methoxy groups -OCH3 is 2. The highest BCUT2D eigenvalue weighted by molar-refractivity contribution is 6.23.